The Balaban J connectivity index is 1.82. The van der Waals surface area contributed by atoms with Crippen molar-refractivity contribution in [1.82, 2.24) is 4.98 Å². The standard InChI is InChI=1S/C22H20N2O3S/c1-13-3-7-15(8-4-13)18-17(19(25)16-9-5-14(2)6-10-16)20(26)21(27)24(18)22-23-11-12-28-22/h3-12,17-18,20,26H,1-2H3. The molecular formula is C22H20N2O3S. The number of rotatable bonds is 4. The zero-order valence-corrected chi connectivity index (χ0v) is 16.4. The monoisotopic (exact) mass is 392 g/mol. The quantitative estimate of drug-likeness (QED) is 0.687. The Morgan fingerprint density at radius 1 is 1.04 bits per heavy atom. The Morgan fingerprint density at radius 3 is 2.21 bits per heavy atom. The van der Waals surface area contributed by atoms with Crippen molar-refractivity contribution in [3.05, 3.63) is 82.4 Å². The molecule has 0 aliphatic carbocycles. The summed E-state index contributed by atoms with van der Waals surface area (Å²) in [5.41, 5.74) is 3.41. The summed E-state index contributed by atoms with van der Waals surface area (Å²) >= 11 is 1.31. The smallest absolute Gasteiger partial charge is 0.259 e. The number of hydrogen-bond donors (Lipinski definition) is 1. The molecular weight excluding hydrogens is 372 g/mol. The number of aliphatic hydroxyl groups excluding tert-OH is 1. The van der Waals surface area contributed by atoms with Crippen molar-refractivity contribution in [2.75, 3.05) is 4.90 Å². The van der Waals surface area contributed by atoms with E-state index in [1.165, 1.54) is 16.2 Å². The number of Topliss-reactive ketones (excluding diaryl/α,β-unsaturated/α-hetero) is 1. The van der Waals surface area contributed by atoms with Crippen LogP contribution in [0.4, 0.5) is 5.13 Å². The van der Waals surface area contributed by atoms with Crippen molar-refractivity contribution >= 4 is 28.2 Å². The maximum Gasteiger partial charge on any atom is 0.259 e. The highest BCUT2D eigenvalue weighted by Gasteiger charge is 2.52. The first-order valence-electron chi connectivity index (χ1n) is 9.05. The fraction of sp³-hybridized carbons (Fsp3) is 0.227. The molecule has 142 valence electrons. The van der Waals surface area contributed by atoms with Crippen LogP contribution in [-0.2, 0) is 4.79 Å². The molecule has 6 heteroatoms. The van der Waals surface area contributed by atoms with Crippen LogP contribution in [0.2, 0.25) is 0 Å². The van der Waals surface area contributed by atoms with Crippen LogP contribution in [-0.4, -0.2) is 27.9 Å². The first-order valence-corrected chi connectivity index (χ1v) is 9.93. The molecule has 2 aromatic carbocycles. The third-order valence-corrected chi connectivity index (χ3v) is 5.90. The van der Waals surface area contributed by atoms with Crippen LogP contribution in [0.5, 0.6) is 0 Å². The second-order valence-corrected chi connectivity index (χ2v) is 7.95. The maximum absolute atomic E-state index is 13.3. The van der Waals surface area contributed by atoms with Gasteiger partial charge in [-0.25, -0.2) is 4.98 Å². The average Bonchev–Trinajstić information content (AvgIpc) is 3.30. The number of carbonyl (C=O) groups is 2. The Bertz CT molecular complexity index is 997. The summed E-state index contributed by atoms with van der Waals surface area (Å²) in [5.74, 6) is -1.64. The first kappa shape index (κ1) is 18.5. The van der Waals surface area contributed by atoms with Crippen molar-refractivity contribution in [3.63, 3.8) is 0 Å². The molecule has 1 aliphatic rings. The molecule has 0 radical (unpaired) electrons. The molecule has 1 amide bonds. The minimum absolute atomic E-state index is 0.245. The lowest BCUT2D eigenvalue weighted by Gasteiger charge is -2.26. The zero-order valence-electron chi connectivity index (χ0n) is 15.6. The zero-order chi connectivity index (χ0) is 19.8. The fourth-order valence-corrected chi connectivity index (χ4v) is 4.31. The summed E-state index contributed by atoms with van der Waals surface area (Å²) in [6.45, 7) is 3.92. The molecule has 1 aliphatic heterocycles. The van der Waals surface area contributed by atoms with E-state index in [0.717, 1.165) is 16.7 Å². The van der Waals surface area contributed by atoms with E-state index in [1.54, 1.807) is 23.7 Å². The van der Waals surface area contributed by atoms with E-state index in [1.807, 2.05) is 50.2 Å². The predicted molar refractivity (Wildman–Crippen MR) is 109 cm³/mol. The van der Waals surface area contributed by atoms with Crippen molar-refractivity contribution in [2.24, 2.45) is 5.92 Å². The van der Waals surface area contributed by atoms with Gasteiger partial charge in [0.1, 0.15) is 6.10 Å². The lowest BCUT2D eigenvalue weighted by molar-refractivity contribution is -0.124. The van der Waals surface area contributed by atoms with Gasteiger partial charge in [-0.05, 0) is 19.4 Å². The number of nitrogens with zero attached hydrogens (tertiary/aromatic N) is 2. The molecule has 5 nitrogen and oxygen atoms in total. The number of aromatic nitrogens is 1. The molecule has 0 bridgehead atoms. The molecule has 0 spiro atoms. The van der Waals surface area contributed by atoms with E-state index in [0.29, 0.717) is 10.7 Å². The highest BCUT2D eigenvalue weighted by molar-refractivity contribution is 7.13. The summed E-state index contributed by atoms with van der Waals surface area (Å²) in [6, 6.07) is 14.3. The lowest BCUT2D eigenvalue weighted by atomic mass is 9.85. The van der Waals surface area contributed by atoms with Crippen molar-refractivity contribution in [3.8, 4) is 0 Å². The normalized spacial score (nSPS) is 21.9. The number of amides is 1. The molecule has 1 saturated heterocycles. The molecule has 1 aromatic heterocycles. The summed E-state index contributed by atoms with van der Waals surface area (Å²) in [5, 5.41) is 13.0. The van der Waals surface area contributed by atoms with Gasteiger partial charge in [-0.2, -0.15) is 0 Å². The Labute approximate surface area is 167 Å². The van der Waals surface area contributed by atoms with Gasteiger partial charge in [0.2, 0.25) is 0 Å². The van der Waals surface area contributed by atoms with E-state index < -0.39 is 24.0 Å². The van der Waals surface area contributed by atoms with E-state index in [4.69, 9.17) is 0 Å². The van der Waals surface area contributed by atoms with Crippen LogP contribution in [0.1, 0.15) is 33.1 Å². The van der Waals surface area contributed by atoms with Crippen LogP contribution in [0, 0.1) is 19.8 Å². The highest BCUT2D eigenvalue weighted by Crippen LogP contribution is 2.43. The second-order valence-electron chi connectivity index (χ2n) is 7.08. The number of aliphatic hydroxyl groups is 1. The van der Waals surface area contributed by atoms with Crippen LogP contribution >= 0.6 is 11.3 Å². The minimum Gasteiger partial charge on any atom is -0.382 e. The van der Waals surface area contributed by atoms with Crippen LogP contribution < -0.4 is 4.90 Å². The van der Waals surface area contributed by atoms with Crippen LogP contribution in [0.3, 0.4) is 0 Å². The summed E-state index contributed by atoms with van der Waals surface area (Å²) in [4.78, 5) is 32.0. The molecule has 28 heavy (non-hydrogen) atoms. The molecule has 3 atom stereocenters. The molecule has 1 N–H and O–H groups in total. The van der Waals surface area contributed by atoms with Crippen molar-refractivity contribution in [1.29, 1.82) is 0 Å². The van der Waals surface area contributed by atoms with Gasteiger partial charge >= 0.3 is 0 Å². The Kier molecular flexibility index (Phi) is 4.83. The summed E-state index contributed by atoms with van der Waals surface area (Å²) in [7, 11) is 0. The minimum atomic E-state index is -1.41. The topological polar surface area (TPSA) is 70.5 Å². The maximum atomic E-state index is 13.3. The number of carbonyl (C=O) groups excluding carboxylic acids is 2. The first-order chi connectivity index (χ1) is 13.5. The number of hydrogen-bond acceptors (Lipinski definition) is 5. The number of aryl methyl sites for hydroxylation is 2. The van der Waals surface area contributed by atoms with E-state index in [2.05, 4.69) is 4.98 Å². The fourth-order valence-electron chi connectivity index (χ4n) is 3.63. The number of benzene rings is 2. The number of ketones is 1. The van der Waals surface area contributed by atoms with E-state index in [-0.39, 0.29) is 5.78 Å². The molecule has 1 fully saturated rings. The average molecular weight is 392 g/mol. The van der Waals surface area contributed by atoms with Crippen LogP contribution in [0.25, 0.3) is 0 Å². The molecule has 3 unspecified atom stereocenters. The Morgan fingerprint density at radius 2 is 1.64 bits per heavy atom. The van der Waals surface area contributed by atoms with Crippen molar-refractivity contribution < 1.29 is 14.7 Å². The molecule has 2 heterocycles. The SMILES string of the molecule is Cc1ccc(C(=O)C2C(O)C(=O)N(c3nccs3)C2c2ccc(C)cc2)cc1. The highest BCUT2D eigenvalue weighted by atomic mass is 32.1. The van der Waals surface area contributed by atoms with E-state index >= 15 is 0 Å². The van der Waals surface area contributed by atoms with Gasteiger partial charge in [0.05, 0.1) is 12.0 Å². The summed E-state index contributed by atoms with van der Waals surface area (Å²) in [6.07, 6.45) is 0.199. The van der Waals surface area contributed by atoms with Gasteiger partial charge in [-0.3, -0.25) is 14.5 Å². The van der Waals surface area contributed by atoms with Gasteiger partial charge in [-0.15, -0.1) is 11.3 Å². The molecule has 4 rings (SSSR count). The Hall–Kier alpha value is -2.83. The van der Waals surface area contributed by atoms with Gasteiger partial charge in [0, 0.05) is 17.1 Å². The molecule has 3 aromatic rings. The van der Waals surface area contributed by atoms with Gasteiger partial charge in [0.15, 0.2) is 10.9 Å². The van der Waals surface area contributed by atoms with Gasteiger partial charge in [0.25, 0.3) is 5.91 Å². The molecule has 0 saturated carbocycles. The van der Waals surface area contributed by atoms with E-state index in [9.17, 15) is 14.7 Å². The van der Waals surface area contributed by atoms with Crippen LogP contribution in [0.15, 0.2) is 60.1 Å². The second kappa shape index (κ2) is 7.30. The van der Waals surface area contributed by atoms with Gasteiger partial charge < -0.3 is 5.11 Å². The van der Waals surface area contributed by atoms with Crippen molar-refractivity contribution in [2.45, 2.75) is 26.0 Å². The number of anilines is 1. The summed E-state index contributed by atoms with van der Waals surface area (Å²) < 4.78 is 0. The lowest BCUT2D eigenvalue weighted by Crippen LogP contribution is -2.30. The third-order valence-electron chi connectivity index (χ3n) is 5.13. The predicted octanol–water partition coefficient (Wildman–Crippen LogP) is 3.71. The largest absolute Gasteiger partial charge is 0.382 e. The van der Waals surface area contributed by atoms with Gasteiger partial charge in [-0.1, -0.05) is 59.7 Å². The third kappa shape index (κ3) is 3.15. The number of thiazole rings is 1.